The number of ether oxygens (including phenoxy) is 5. The lowest BCUT2D eigenvalue weighted by Crippen LogP contribution is -2.62. The first kappa shape index (κ1) is 29.1. The van der Waals surface area contributed by atoms with Crippen molar-refractivity contribution in [1.82, 2.24) is 0 Å². The van der Waals surface area contributed by atoms with Gasteiger partial charge < -0.3 is 23.7 Å². The van der Waals surface area contributed by atoms with Crippen molar-refractivity contribution in [3.63, 3.8) is 0 Å². The summed E-state index contributed by atoms with van der Waals surface area (Å²) in [4.78, 5) is 1.10. The van der Waals surface area contributed by atoms with Gasteiger partial charge in [0.25, 0.3) is 0 Å². The van der Waals surface area contributed by atoms with Crippen LogP contribution in [0.25, 0.3) is 0 Å². The van der Waals surface area contributed by atoms with Crippen LogP contribution in [-0.4, -0.2) is 36.5 Å². The van der Waals surface area contributed by atoms with Crippen LogP contribution in [0.4, 0.5) is 0 Å². The Bertz CT molecular complexity index is 1370. The Hall–Kier alpha value is -2.01. The van der Waals surface area contributed by atoms with Crippen molar-refractivity contribution in [3.8, 4) is 0 Å². The first-order chi connectivity index (χ1) is 20.1. The molecule has 0 saturated carbocycles. The van der Waals surface area contributed by atoms with Crippen LogP contribution in [-0.2, 0) is 36.9 Å². The number of halogens is 2. The lowest BCUT2D eigenvalue weighted by Gasteiger charge is -2.49. The van der Waals surface area contributed by atoms with Crippen LogP contribution in [0.15, 0.2) is 123 Å². The van der Waals surface area contributed by atoms with E-state index in [9.17, 15) is 0 Å². The monoisotopic (exact) mass is 696 g/mol. The Balaban J connectivity index is 1.30. The lowest BCUT2D eigenvalue weighted by atomic mass is 9.98. The Morgan fingerprint density at radius 3 is 1.83 bits per heavy atom. The molecule has 4 aromatic rings. The fourth-order valence-corrected chi connectivity index (χ4v) is 6.64. The highest BCUT2D eigenvalue weighted by molar-refractivity contribution is 9.10. The zero-order valence-corrected chi connectivity index (χ0v) is 26.2. The third-order valence-electron chi connectivity index (χ3n) is 7.06. The highest BCUT2D eigenvalue weighted by Crippen LogP contribution is 2.41. The van der Waals surface area contributed by atoms with Crippen LogP contribution >= 0.6 is 43.6 Å². The van der Waals surface area contributed by atoms with Crippen molar-refractivity contribution in [2.75, 3.05) is 6.61 Å². The molecule has 0 amide bonds. The summed E-state index contributed by atoms with van der Waals surface area (Å²) in [6.45, 7) is 1.23. The van der Waals surface area contributed by atoms with E-state index in [4.69, 9.17) is 23.7 Å². The molecule has 0 radical (unpaired) electrons. The topological polar surface area (TPSA) is 46.2 Å². The Morgan fingerprint density at radius 2 is 1.22 bits per heavy atom. The molecular formula is C33H30Br2O5S. The fraction of sp³-hybridized carbons (Fsp3) is 0.273. The lowest BCUT2D eigenvalue weighted by molar-refractivity contribution is -0.329. The standard InChI is InChI=1S/C33H30Br2O5S/c34-25-15-11-22(12-16-25)19-36-30-29-28(21-38-32(40-29)24-7-3-1-4-8-24)39-33(41-27-9-5-2-6-10-27)31(30)37-20-23-13-17-26(35)18-14-23/h1-18,28-33H,19-21H2/t28-,29-,30+,31+,32-,33-/m1/s1. The summed E-state index contributed by atoms with van der Waals surface area (Å²) in [5.74, 6) is 0. The summed E-state index contributed by atoms with van der Waals surface area (Å²) in [6, 6.07) is 36.6. The van der Waals surface area contributed by atoms with Gasteiger partial charge in [-0.3, -0.25) is 0 Å². The summed E-state index contributed by atoms with van der Waals surface area (Å²) < 4.78 is 35.0. The molecule has 0 bridgehead atoms. The van der Waals surface area contributed by atoms with Gasteiger partial charge in [-0.2, -0.15) is 0 Å². The molecule has 212 valence electrons. The zero-order valence-electron chi connectivity index (χ0n) is 22.2. The van der Waals surface area contributed by atoms with Gasteiger partial charge in [0.15, 0.2) is 6.29 Å². The molecule has 0 unspecified atom stereocenters. The van der Waals surface area contributed by atoms with Crippen LogP contribution in [0.5, 0.6) is 0 Å². The minimum atomic E-state index is -0.509. The fourth-order valence-electron chi connectivity index (χ4n) is 4.97. The van der Waals surface area contributed by atoms with Crippen molar-refractivity contribution in [2.24, 2.45) is 0 Å². The molecule has 8 heteroatoms. The molecule has 2 heterocycles. The van der Waals surface area contributed by atoms with Crippen molar-refractivity contribution >= 4 is 43.6 Å². The second-order valence-electron chi connectivity index (χ2n) is 9.95. The number of hydrogen-bond acceptors (Lipinski definition) is 6. The van der Waals surface area contributed by atoms with E-state index in [0.717, 1.165) is 30.5 Å². The predicted octanol–water partition coefficient (Wildman–Crippen LogP) is 8.31. The molecule has 0 aromatic heterocycles. The Morgan fingerprint density at radius 1 is 0.659 bits per heavy atom. The van der Waals surface area contributed by atoms with Gasteiger partial charge in [0.05, 0.1) is 19.8 Å². The molecule has 2 saturated heterocycles. The maximum atomic E-state index is 6.73. The summed E-state index contributed by atoms with van der Waals surface area (Å²) in [6.07, 6.45) is -2.00. The average molecular weight is 698 g/mol. The number of hydrogen-bond donors (Lipinski definition) is 0. The summed E-state index contributed by atoms with van der Waals surface area (Å²) in [5.41, 5.74) is 2.78. The molecule has 6 atom stereocenters. The van der Waals surface area contributed by atoms with E-state index in [1.54, 1.807) is 11.8 Å². The van der Waals surface area contributed by atoms with Gasteiger partial charge in [-0.05, 0) is 47.5 Å². The summed E-state index contributed by atoms with van der Waals surface area (Å²) in [5, 5.41) is 0. The predicted molar refractivity (Wildman–Crippen MR) is 166 cm³/mol. The number of benzene rings is 4. The van der Waals surface area contributed by atoms with Crippen molar-refractivity contribution in [3.05, 3.63) is 135 Å². The highest BCUT2D eigenvalue weighted by atomic mass is 79.9. The van der Waals surface area contributed by atoms with E-state index >= 15 is 0 Å². The molecule has 2 fully saturated rings. The van der Waals surface area contributed by atoms with E-state index < -0.39 is 18.5 Å². The van der Waals surface area contributed by atoms with Crippen LogP contribution in [0.2, 0.25) is 0 Å². The molecular weight excluding hydrogens is 668 g/mol. The molecule has 5 nitrogen and oxygen atoms in total. The van der Waals surface area contributed by atoms with Gasteiger partial charge >= 0.3 is 0 Å². The quantitative estimate of drug-likeness (QED) is 0.175. The SMILES string of the molecule is Brc1ccc(CO[C@@H]2[C@H](OCc3ccc(Br)cc3)[C@@H](Sc3ccccc3)O[C@@H]3CO[C@@H](c4ccccc4)O[C@@H]23)cc1. The van der Waals surface area contributed by atoms with Gasteiger partial charge in [-0.15, -0.1) is 0 Å². The number of thioether (sulfide) groups is 1. The first-order valence-electron chi connectivity index (χ1n) is 13.5. The molecule has 2 aliphatic heterocycles. The number of rotatable bonds is 9. The van der Waals surface area contributed by atoms with Crippen LogP contribution in [0.3, 0.4) is 0 Å². The van der Waals surface area contributed by atoms with E-state index in [1.807, 2.05) is 72.8 Å². The molecule has 6 rings (SSSR count). The van der Waals surface area contributed by atoms with E-state index in [-0.39, 0.29) is 17.6 Å². The first-order valence-corrected chi connectivity index (χ1v) is 16.0. The van der Waals surface area contributed by atoms with Crippen LogP contribution in [0, 0.1) is 0 Å². The molecule has 41 heavy (non-hydrogen) atoms. The molecule has 0 N–H and O–H groups in total. The summed E-state index contributed by atoms with van der Waals surface area (Å²) in [7, 11) is 0. The normalized spacial score (nSPS) is 25.9. The van der Waals surface area contributed by atoms with Gasteiger partial charge in [-0.1, -0.05) is 116 Å². The summed E-state index contributed by atoms with van der Waals surface area (Å²) >= 11 is 8.69. The molecule has 0 spiro atoms. The Labute approximate surface area is 261 Å². The van der Waals surface area contributed by atoms with Gasteiger partial charge in [0, 0.05) is 19.4 Å². The highest BCUT2D eigenvalue weighted by Gasteiger charge is 2.51. The zero-order chi connectivity index (χ0) is 28.0. The minimum absolute atomic E-state index is 0.307. The largest absolute Gasteiger partial charge is 0.368 e. The number of fused-ring (bicyclic) bond motifs is 1. The minimum Gasteiger partial charge on any atom is -0.368 e. The van der Waals surface area contributed by atoms with Crippen molar-refractivity contribution < 1.29 is 23.7 Å². The van der Waals surface area contributed by atoms with Crippen LogP contribution in [0.1, 0.15) is 23.0 Å². The second-order valence-corrected chi connectivity index (χ2v) is 13.0. The maximum absolute atomic E-state index is 6.73. The van der Waals surface area contributed by atoms with E-state index in [1.165, 1.54) is 0 Å². The van der Waals surface area contributed by atoms with E-state index in [0.29, 0.717) is 19.8 Å². The van der Waals surface area contributed by atoms with Gasteiger partial charge in [0.1, 0.15) is 29.9 Å². The second kappa shape index (κ2) is 14.0. The van der Waals surface area contributed by atoms with Crippen LogP contribution < -0.4 is 0 Å². The molecule has 4 aromatic carbocycles. The Kier molecular flexibility index (Phi) is 9.91. The third kappa shape index (κ3) is 7.50. The van der Waals surface area contributed by atoms with Gasteiger partial charge in [0.2, 0.25) is 0 Å². The molecule has 2 aliphatic rings. The van der Waals surface area contributed by atoms with Crippen molar-refractivity contribution in [2.45, 2.75) is 54.3 Å². The average Bonchev–Trinajstić information content (AvgIpc) is 3.01. The smallest absolute Gasteiger partial charge is 0.184 e. The molecule has 0 aliphatic carbocycles. The van der Waals surface area contributed by atoms with E-state index in [2.05, 4.69) is 68.3 Å². The third-order valence-corrected chi connectivity index (χ3v) is 9.28. The van der Waals surface area contributed by atoms with Crippen molar-refractivity contribution in [1.29, 1.82) is 0 Å². The van der Waals surface area contributed by atoms with Gasteiger partial charge in [-0.25, -0.2) is 0 Å². The maximum Gasteiger partial charge on any atom is 0.184 e.